The molecule has 1 atom stereocenters. The average Bonchev–Trinajstić information content (AvgIpc) is 1.77. The van der Waals surface area contributed by atoms with Gasteiger partial charge in [-0.05, 0) is 28.1 Å². The predicted molar refractivity (Wildman–Crippen MR) is 40.0 cm³/mol. The monoisotopic (exact) mass is 238 g/mol. The second-order valence-corrected chi connectivity index (χ2v) is 3.08. The summed E-state index contributed by atoms with van der Waals surface area (Å²) in [5.74, 6) is 0. The minimum Gasteiger partial charge on any atom is -0.482 e. The van der Waals surface area contributed by atoms with Crippen LogP contribution in [0.5, 0.6) is 0 Å². The molecule has 3 heteroatoms. The fourth-order valence-electron chi connectivity index (χ4n) is 0.386. The molecule has 0 N–H and O–H groups in total. The largest absolute Gasteiger partial charge is 0.482 e. The summed E-state index contributed by atoms with van der Waals surface area (Å²) in [5.41, 5.74) is 0. The molecule has 8 heavy (non-hydrogen) atoms. The normalized spacial score (nSPS) is 26.8. The zero-order chi connectivity index (χ0) is 5.98. The third kappa shape index (κ3) is 1.36. The molecule has 0 saturated heterocycles. The maximum Gasteiger partial charge on any atom is 0.183 e. The van der Waals surface area contributed by atoms with E-state index in [2.05, 4.69) is 31.9 Å². The first kappa shape index (κ1) is 6.36. The van der Waals surface area contributed by atoms with Crippen LogP contribution in [0.2, 0.25) is 0 Å². The molecular weight excluding hydrogens is 236 g/mol. The molecule has 1 heterocycles. The number of rotatable bonds is 0. The highest BCUT2D eigenvalue weighted by atomic mass is 79.9. The highest BCUT2D eigenvalue weighted by molar-refractivity contribution is 9.14. The van der Waals surface area contributed by atoms with Crippen molar-refractivity contribution in [2.75, 3.05) is 0 Å². The van der Waals surface area contributed by atoms with Crippen molar-refractivity contribution in [2.24, 2.45) is 0 Å². The van der Waals surface area contributed by atoms with Gasteiger partial charge in [-0.3, -0.25) is 0 Å². The molecule has 1 nitrogen and oxygen atoms in total. The second kappa shape index (κ2) is 2.69. The van der Waals surface area contributed by atoms with Gasteiger partial charge in [0.05, 0.1) is 6.26 Å². The summed E-state index contributed by atoms with van der Waals surface area (Å²) < 4.78 is 6.02. The maximum absolute atomic E-state index is 5.01. The van der Waals surface area contributed by atoms with Crippen molar-refractivity contribution >= 4 is 31.9 Å². The predicted octanol–water partition coefficient (Wildman–Crippen LogP) is 2.53. The summed E-state index contributed by atoms with van der Waals surface area (Å²) in [6.07, 6.45) is 5.41. The third-order valence-corrected chi connectivity index (χ3v) is 2.75. The van der Waals surface area contributed by atoms with Crippen molar-refractivity contribution in [3.05, 3.63) is 22.9 Å². The lowest BCUT2D eigenvalue weighted by atomic mass is 10.4. The minimum atomic E-state index is 0.00694. The van der Waals surface area contributed by atoms with Gasteiger partial charge >= 0.3 is 0 Å². The van der Waals surface area contributed by atoms with Crippen LogP contribution in [0.4, 0.5) is 0 Å². The number of hydrogen-bond acceptors (Lipinski definition) is 1. The lowest BCUT2D eigenvalue weighted by Gasteiger charge is -2.10. The molecule has 44 valence electrons. The molecule has 0 spiro atoms. The van der Waals surface area contributed by atoms with Gasteiger partial charge in [0.25, 0.3) is 0 Å². The molecule has 0 amide bonds. The lowest BCUT2D eigenvalue weighted by molar-refractivity contribution is 0.260. The van der Waals surface area contributed by atoms with Crippen LogP contribution in [0.15, 0.2) is 22.9 Å². The van der Waals surface area contributed by atoms with E-state index in [1.165, 1.54) is 0 Å². The van der Waals surface area contributed by atoms with Crippen LogP contribution in [0.3, 0.4) is 0 Å². The van der Waals surface area contributed by atoms with Gasteiger partial charge < -0.3 is 4.74 Å². The topological polar surface area (TPSA) is 9.23 Å². The van der Waals surface area contributed by atoms with E-state index < -0.39 is 0 Å². The van der Waals surface area contributed by atoms with Crippen LogP contribution in [0.25, 0.3) is 0 Å². The van der Waals surface area contributed by atoms with Crippen LogP contribution in [0, 0.1) is 0 Å². The van der Waals surface area contributed by atoms with Crippen LogP contribution in [-0.2, 0) is 4.74 Å². The van der Waals surface area contributed by atoms with Crippen molar-refractivity contribution in [3.63, 3.8) is 0 Å². The minimum absolute atomic E-state index is 0.00694. The Morgan fingerprint density at radius 2 is 2.38 bits per heavy atom. The summed E-state index contributed by atoms with van der Waals surface area (Å²) in [6, 6.07) is 0. The van der Waals surface area contributed by atoms with Gasteiger partial charge in [-0.15, -0.1) is 0 Å². The standard InChI is InChI=1S/C5H4Br2O/c6-4-2-1-3-8-5(4)7/h1-3,5H. The van der Waals surface area contributed by atoms with E-state index in [4.69, 9.17) is 4.74 Å². The zero-order valence-electron chi connectivity index (χ0n) is 3.97. The number of allylic oxidation sites excluding steroid dienone is 2. The van der Waals surface area contributed by atoms with E-state index in [9.17, 15) is 0 Å². The Bertz CT molecular complexity index is 139. The molecule has 0 saturated carbocycles. The van der Waals surface area contributed by atoms with Gasteiger partial charge in [-0.1, -0.05) is 15.9 Å². The van der Waals surface area contributed by atoms with Crippen molar-refractivity contribution < 1.29 is 4.74 Å². The fourth-order valence-corrected chi connectivity index (χ4v) is 0.924. The SMILES string of the molecule is BrC1=CC=COC1Br. The molecule has 0 bridgehead atoms. The van der Waals surface area contributed by atoms with Crippen molar-refractivity contribution in [1.82, 2.24) is 0 Å². The molecule has 0 radical (unpaired) electrons. The van der Waals surface area contributed by atoms with Gasteiger partial charge in [-0.25, -0.2) is 0 Å². The van der Waals surface area contributed by atoms with Gasteiger partial charge in [0, 0.05) is 4.48 Å². The highest BCUT2D eigenvalue weighted by Crippen LogP contribution is 2.22. The third-order valence-electron chi connectivity index (χ3n) is 0.749. The molecular formula is C5H4Br2O. The Kier molecular flexibility index (Phi) is 2.14. The molecule has 0 aromatic heterocycles. The summed E-state index contributed by atoms with van der Waals surface area (Å²) in [5, 5.41) is 0.00694. The Morgan fingerprint density at radius 1 is 1.62 bits per heavy atom. The number of halogens is 2. The van der Waals surface area contributed by atoms with Gasteiger partial charge in [0.2, 0.25) is 0 Å². The lowest BCUT2D eigenvalue weighted by Crippen LogP contribution is -2.00. The first-order valence-corrected chi connectivity index (χ1v) is 3.83. The van der Waals surface area contributed by atoms with Crippen molar-refractivity contribution in [3.8, 4) is 0 Å². The second-order valence-electron chi connectivity index (χ2n) is 1.33. The molecule has 0 aliphatic carbocycles. The Labute approximate surface area is 64.7 Å². The summed E-state index contributed by atoms with van der Waals surface area (Å²) in [6.45, 7) is 0. The summed E-state index contributed by atoms with van der Waals surface area (Å²) >= 11 is 6.56. The number of alkyl halides is 1. The van der Waals surface area contributed by atoms with E-state index in [0.717, 1.165) is 4.48 Å². The fraction of sp³-hybridized carbons (Fsp3) is 0.200. The number of ether oxygens (including phenoxy) is 1. The van der Waals surface area contributed by atoms with Crippen LogP contribution < -0.4 is 0 Å². The van der Waals surface area contributed by atoms with Gasteiger partial charge in [0.1, 0.15) is 0 Å². The number of hydrogen-bond donors (Lipinski definition) is 0. The molecule has 0 fully saturated rings. The molecule has 1 aliphatic heterocycles. The summed E-state index contributed by atoms with van der Waals surface area (Å²) in [7, 11) is 0. The van der Waals surface area contributed by atoms with E-state index in [1.54, 1.807) is 6.26 Å². The molecule has 0 aromatic carbocycles. The Morgan fingerprint density at radius 3 is 2.75 bits per heavy atom. The first-order valence-electron chi connectivity index (χ1n) is 2.12. The summed E-state index contributed by atoms with van der Waals surface area (Å²) in [4.78, 5) is 0. The maximum atomic E-state index is 5.01. The van der Waals surface area contributed by atoms with Gasteiger partial charge in [0.15, 0.2) is 5.01 Å². The first-order chi connectivity index (χ1) is 3.80. The van der Waals surface area contributed by atoms with Crippen LogP contribution >= 0.6 is 31.9 Å². The van der Waals surface area contributed by atoms with Crippen LogP contribution in [-0.4, -0.2) is 5.01 Å². The molecule has 1 rings (SSSR count). The quantitative estimate of drug-likeness (QED) is 0.591. The Hall–Kier alpha value is 0.240. The van der Waals surface area contributed by atoms with E-state index in [0.29, 0.717) is 0 Å². The van der Waals surface area contributed by atoms with Crippen molar-refractivity contribution in [1.29, 1.82) is 0 Å². The van der Waals surface area contributed by atoms with E-state index in [1.807, 2.05) is 12.2 Å². The van der Waals surface area contributed by atoms with E-state index in [-0.39, 0.29) is 5.01 Å². The van der Waals surface area contributed by atoms with E-state index >= 15 is 0 Å². The molecule has 0 aromatic rings. The smallest absolute Gasteiger partial charge is 0.183 e. The highest BCUT2D eigenvalue weighted by Gasteiger charge is 2.07. The zero-order valence-corrected chi connectivity index (χ0v) is 7.15. The van der Waals surface area contributed by atoms with Gasteiger partial charge in [-0.2, -0.15) is 0 Å². The van der Waals surface area contributed by atoms with Crippen molar-refractivity contribution in [2.45, 2.75) is 5.01 Å². The Balaban J connectivity index is 2.66. The van der Waals surface area contributed by atoms with Crippen LogP contribution in [0.1, 0.15) is 0 Å². The molecule has 1 unspecified atom stereocenters. The average molecular weight is 240 g/mol. The molecule has 1 aliphatic rings.